The van der Waals surface area contributed by atoms with Crippen LogP contribution in [0.15, 0.2) is 42.9 Å². The molecular weight excluding hydrogens is 267 g/mol. The molecule has 0 unspecified atom stereocenters. The molecule has 0 N–H and O–H groups in total. The topological polar surface area (TPSA) is 32.3 Å². The van der Waals surface area contributed by atoms with Gasteiger partial charge >= 0.3 is 0 Å². The van der Waals surface area contributed by atoms with Crippen molar-refractivity contribution in [2.45, 2.75) is 6.42 Å². The van der Waals surface area contributed by atoms with E-state index in [-0.39, 0.29) is 5.82 Å². The minimum atomic E-state index is -0.273. The van der Waals surface area contributed by atoms with E-state index in [2.05, 4.69) is 25.8 Å². The summed E-state index contributed by atoms with van der Waals surface area (Å²) < 4.78 is 13.2. The van der Waals surface area contributed by atoms with Gasteiger partial charge in [0, 0.05) is 57.1 Å². The van der Waals surface area contributed by atoms with Crippen molar-refractivity contribution in [1.82, 2.24) is 14.9 Å². The molecule has 2 aromatic heterocycles. The highest BCUT2D eigenvalue weighted by Crippen LogP contribution is 2.16. The highest BCUT2D eigenvalue weighted by molar-refractivity contribution is 5.44. The first-order chi connectivity index (χ1) is 10.3. The lowest BCUT2D eigenvalue weighted by atomic mass is 10.2. The molecule has 4 nitrogen and oxygen atoms in total. The number of hydrogen-bond acceptors (Lipinski definition) is 4. The van der Waals surface area contributed by atoms with Gasteiger partial charge in [-0.15, -0.1) is 0 Å². The summed E-state index contributed by atoms with van der Waals surface area (Å²) in [5, 5.41) is 0. The van der Waals surface area contributed by atoms with Crippen molar-refractivity contribution in [2.24, 2.45) is 0 Å². The number of hydrogen-bond donors (Lipinski definition) is 0. The third-order valence-electron chi connectivity index (χ3n) is 3.84. The quantitative estimate of drug-likeness (QED) is 0.860. The van der Waals surface area contributed by atoms with E-state index in [1.165, 1.54) is 6.20 Å². The molecule has 0 aromatic carbocycles. The molecule has 5 heteroatoms. The summed E-state index contributed by atoms with van der Waals surface area (Å²) in [6.07, 6.45) is 5.78. The summed E-state index contributed by atoms with van der Waals surface area (Å²) in [7, 11) is 0. The monoisotopic (exact) mass is 286 g/mol. The van der Waals surface area contributed by atoms with E-state index in [4.69, 9.17) is 0 Å². The number of aromatic nitrogens is 2. The smallest absolute Gasteiger partial charge is 0.143 e. The maximum atomic E-state index is 13.2. The molecule has 1 aliphatic heterocycles. The van der Waals surface area contributed by atoms with Gasteiger partial charge < -0.3 is 4.90 Å². The first-order valence-corrected chi connectivity index (χ1v) is 7.29. The molecule has 21 heavy (non-hydrogen) atoms. The van der Waals surface area contributed by atoms with Crippen LogP contribution < -0.4 is 4.90 Å². The zero-order chi connectivity index (χ0) is 14.5. The third kappa shape index (κ3) is 3.76. The molecule has 110 valence electrons. The van der Waals surface area contributed by atoms with Gasteiger partial charge in [0.15, 0.2) is 0 Å². The van der Waals surface area contributed by atoms with E-state index in [0.29, 0.717) is 0 Å². The Balaban J connectivity index is 1.49. The van der Waals surface area contributed by atoms with Crippen molar-refractivity contribution in [3.05, 3.63) is 54.4 Å². The number of pyridine rings is 2. The molecule has 0 radical (unpaired) electrons. The predicted molar refractivity (Wildman–Crippen MR) is 80.8 cm³/mol. The van der Waals surface area contributed by atoms with Crippen molar-refractivity contribution >= 4 is 5.69 Å². The minimum absolute atomic E-state index is 0.273. The van der Waals surface area contributed by atoms with E-state index < -0.39 is 0 Å². The summed E-state index contributed by atoms with van der Waals surface area (Å²) in [6.45, 7) is 4.82. The summed E-state index contributed by atoms with van der Waals surface area (Å²) in [5.74, 6) is -0.273. The number of rotatable bonds is 4. The van der Waals surface area contributed by atoms with E-state index in [9.17, 15) is 4.39 Å². The molecule has 3 heterocycles. The maximum absolute atomic E-state index is 13.2. The number of piperazine rings is 1. The molecule has 0 spiro atoms. The van der Waals surface area contributed by atoms with Crippen LogP contribution >= 0.6 is 0 Å². The lowest BCUT2D eigenvalue weighted by Crippen LogP contribution is -2.47. The molecule has 1 aliphatic rings. The number of anilines is 1. The zero-order valence-corrected chi connectivity index (χ0v) is 12.0. The van der Waals surface area contributed by atoms with Crippen molar-refractivity contribution in [1.29, 1.82) is 0 Å². The van der Waals surface area contributed by atoms with Gasteiger partial charge in [0.2, 0.25) is 0 Å². The second-order valence-corrected chi connectivity index (χ2v) is 5.26. The fourth-order valence-electron chi connectivity index (χ4n) is 2.62. The molecule has 0 atom stereocenters. The van der Waals surface area contributed by atoms with E-state index in [1.54, 1.807) is 12.3 Å². The van der Waals surface area contributed by atoms with Gasteiger partial charge in [0.25, 0.3) is 0 Å². The highest BCUT2D eigenvalue weighted by Gasteiger charge is 2.17. The first kappa shape index (κ1) is 13.9. The van der Waals surface area contributed by atoms with Crippen LogP contribution in [0.2, 0.25) is 0 Å². The summed E-state index contributed by atoms with van der Waals surface area (Å²) >= 11 is 0. The maximum Gasteiger partial charge on any atom is 0.143 e. The molecule has 0 aliphatic carbocycles. The average Bonchev–Trinajstić information content (AvgIpc) is 2.54. The van der Waals surface area contributed by atoms with Crippen LogP contribution in [0, 0.1) is 5.82 Å². The summed E-state index contributed by atoms with van der Waals surface area (Å²) in [6, 6.07) is 7.58. The van der Waals surface area contributed by atoms with Crippen LogP contribution in [0.4, 0.5) is 10.1 Å². The van der Waals surface area contributed by atoms with Gasteiger partial charge in [-0.05, 0) is 12.1 Å². The molecule has 0 saturated carbocycles. The largest absolute Gasteiger partial charge is 0.368 e. The predicted octanol–water partition coefficient (Wildman–Crippen LogP) is 1.98. The van der Waals surface area contributed by atoms with Gasteiger partial charge in [0.1, 0.15) is 5.82 Å². The van der Waals surface area contributed by atoms with Gasteiger partial charge in [-0.3, -0.25) is 14.9 Å². The van der Waals surface area contributed by atoms with Crippen molar-refractivity contribution in [3.8, 4) is 0 Å². The van der Waals surface area contributed by atoms with E-state index >= 15 is 0 Å². The molecule has 1 fully saturated rings. The number of halogens is 1. The Morgan fingerprint density at radius 2 is 1.95 bits per heavy atom. The molecule has 0 bridgehead atoms. The Morgan fingerprint density at radius 1 is 1.10 bits per heavy atom. The van der Waals surface area contributed by atoms with Crippen LogP contribution in [-0.4, -0.2) is 47.6 Å². The average molecular weight is 286 g/mol. The standard InChI is InChI=1S/C16H19FN4/c17-14-11-16(13-18-12-14)21-9-7-20(8-10-21)6-4-15-3-1-2-5-19-15/h1-3,5,11-13H,4,6-10H2. The third-order valence-corrected chi connectivity index (χ3v) is 3.84. The zero-order valence-electron chi connectivity index (χ0n) is 12.0. The van der Waals surface area contributed by atoms with Crippen LogP contribution in [0.25, 0.3) is 0 Å². The van der Waals surface area contributed by atoms with Crippen LogP contribution in [0.3, 0.4) is 0 Å². The number of nitrogens with zero attached hydrogens (tertiary/aromatic N) is 4. The Morgan fingerprint density at radius 3 is 2.67 bits per heavy atom. The SMILES string of the molecule is Fc1cncc(N2CCN(CCc3ccccn3)CC2)c1. The summed E-state index contributed by atoms with van der Waals surface area (Å²) in [4.78, 5) is 12.9. The molecule has 3 rings (SSSR count). The van der Waals surface area contributed by atoms with Crippen molar-refractivity contribution < 1.29 is 4.39 Å². The van der Waals surface area contributed by atoms with Crippen molar-refractivity contribution in [2.75, 3.05) is 37.6 Å². The minimum Gasteiger partial charge on any atom is -0.368 e. The Bertz CT molecular complexity index is 567. The second kappa shape index (κ2) is 6.63. The molecule has 0 amide bonds. The Kier molecular flexibility index (Phi) is 4.40. The lowest BCUT2D eigenvalue weighted by Gasteiger charge is -2.35. The normalized spacial score (nSPS) is 16.1. The van der Waals surface area contributed by atoms with Crippen LogP contribution in [-0.2, 0) is 6.42 Å². The van der Waals surface area contributed by atoms with Crippen LogP contribution in [0.5, 0.6) is 0 Å². The second-order valence-electron chi connectivity index (χ2n) is 5.26. The van der Waals surface area contributed by atoms with E-state index in [1.807, 2.05) is 18.3 Å². The van der Waals surface area contributed by atoms with Gasteiger partial charge in [-0.25, -0.2) is 4.39 Å². The summed E-state index contributed by atoms with van der Waals surface area (Å²) in [5.41, 5.74) is 2.01. The van der Waals surface area contributed by atoms with Gasteiger partial charge in [0.05, 0.1) is 18.1 Å². The van der Waals surface area contributed by atoms with Crippen molar-refractivity contribution in [3.63, 3.8) is 0 Å². The first-order valence-electron chi connectivity index (χ1n) is 7.29. The van der Waals surface area contributed by atoms with E-state index in [0.717, 1.165) is 50.5 Å². The Labute approximate surface area is 124 Å². The molecular formula is C16H19FN4. The Hall–Kier alpha value is -2.01. The van der Waals surface area contributed by atoms with Crippen LogP contribution in [0.1, 0.15) is 5.69 Å². The van der Waals surface area contributed by atoms with Gasteiger partial charge in [-0.2, -0.15) is 0 Å². The fraction of sp³-hybridized carbons (Fsp3) is 0.375. The fourth-order valence-corrected chi connectivity index (χ4v) is 2.62. The molecule has 1 saturated heterocycles. The lowest BCUT2D eigenvalue weighted by molar-refractivity contribution is 0.260. The highest BCUT2D eigenvalue weighted by atomic mass is 19.1. The molecule has 2 aromatic rings. The van der Waals surface area contributed by atoms with Gasteiger partial charge in [-0.1, -0.05) is 6.07 Å².